The zero-order chi connectivity index (χ0) is 17.5. The van der Waals surface area contributed by atoms with Gasteiger partial charge in [-0.2, -0.15) is 5.10 Å². The zero-order valence-corrected chi connectivity index (χ0v) is 14.7. The number of rotatable bonds is 4. The molecule has 0 saturated carbocycles. The van der Waals surface area contributed by atoms with Crippen LogP contribution in [0.15, 0.2) is 99.1 Å². The van der Waals surface area contributed by atoms with Gasteiger partial charge in [-0.1, -0.05) is 54.6 Å². The van der Waals surface area contributed by atoms with Crippen molar-refractivity contribution in [1.29, 1.82) is 0 Å². The number of nitrogens with zero attached hydrogens (tertiary/aromatic N) is 3. The number of anilines is 1. The van der Waals surface area contributed by atoms with Crippen LogP contribution in [0.4, 0.5) is 11.4 Å². The normalized spacial score (nSPS) is 11.7. The van der Waals surface area contributed by atoms with Crippen molar-refractivity contribution >= 4 is 29.8 Å². The minimum atomic E-state index is 0.508. The van der Waals surface area contributed by atoms with E-state index in [2.05, 4.69) is 33.4 Å². The molecule has 0 heterocycles. The summed E-state index contributed by atoms with van der Waals surface area (Å²) < 4.78 is 0. The lowest BCUT2D eigenvalue weighted by Crippen LogP contribution is -2.02. The number of azo groups is 1. The van der Waals surface area contributed by atoms with Crippen LogP contribution in [0, 0.1) is 6.92 Å². The molecule has 5 heteroatoms. The van der Waals surface area contributed by atoms with Crippen LogP contribution >= 0.6 is 12.6 Å². The maximum atomic E-state index is 4.45. The minimum absolute atomic E-state index is 0.508. The van der Waals surface area contributed by atoms with Gasteiger partial charge in [0.1, 0.15) is 0 Å². The number of hydrogen-bond donors (Lipinski definition) is 2. The van der Waals surface area contributed by atoms with Crippen molar-refractivity contribution in [1.82, 2.24) is 0 Å². The first kappa shape index (κ1) is 16.9. The highest BCUT2D eigenvalue weighted by Gasteiger charge is 2.04. The molecule has 3 aromatic rings. The second-order valence-corrected chi connectivity index (χ2v) is 5.88. The molecule has 0 amide bonds. The van der Waals surface area contributed by atoms with E-state index >= 15 is 0 Å². The Hall–Kier alpha value is -2.92. The van der Waals surface area contributed by atoms with Gasteiger partial charge in [-0.05, 0) is 36.8 Å². The van der Waals surface area contributed by atoms with E-state index in [1.165, 1.54) is 0 Å². The van der Waals surface area contributed by atoms with Gasteiger partial charge in [0.05, 0.1) is 11.4 Å². The monoisotopic (exact) mass is 346 g/mol. The van der Waals surface area contributed by atoms with E-state index in [9.17, 15) is 0 Å². The molecule has 0 aliphatic carbocycles. The van der Waals surface area contributed by atoms with Crippen molar-refractivity contribution in [2.75, 3.05) is 5.43 Å². The van der Waals surface area contributed by atoms with Crippen molar-refractivity contribution in [2.45, 2.75) is 11.8 Å². The molecule has 0 spiro atoms. The van der Waals surface area contributed by atoms with Gasteiger partial charge in [-0.3, -0.25) is 5.43 Å². The molecular formula is C20H18N4S. The summed E-state index contributed by atoms with van der Waals surface area (Å²) in [6.07, 6.45) is 0. The standard InChI is InChI=1S/C20H18N4S/c1-15-18(13-8-14-19(15)25)22-24-20(16-9-4-2-5-10-16)23-21-17-11-6-3-7-12-17/h2-14,22,25H,1H3/b23-21+,24-20+. The number of hydrogen-bond acceptors (Lipinski definition) is 4. The van der Waals surface area contributed by atoms with Gasteiger partial charge < -0.3 is 0 Å². The molecule has 3 rings (SSSR count). The summed E-state index contributed by atoms with van der Waals surface area (Å²) in [4.78, 5) is 0.910. The molecule has 0 aliphatic heterocycles. The van der Waals surface area contributed by atoms with Crippen molar-refractivity contribution in [3.8, 4) is 0 Å². The van der Waals surface area contributed by atoms with E-state index in [0.29, 0.717) is 5.84 Å². The highest BCUT2D eigenvalue weighted by Crippen LogP contribution is 2.22. The van der Waals surface area contributed by atoms with Crippen molar-refractivity contribution in [3.63, 3.8) is 0 Å². The Morgan fingerprint density at radius 1 is 0.840 bits per heavy atom. The second-order valence-electron chi connectivity index (χ2n) is 5.40. The number of amidine groups is 1. The lowest BCUT2D eigenvalue weighted by atomic mass is 10.2. The Labute approximate surface area is 152 Å². The van der Waals surface area contributed by atoms with Crippen LogP contribution in [0.25, 0.3) is 0 Å². The molecule has 0 bridgehead atoms. The van der Waals surface area contributed by atoms with E-state index < -0.39 is 0 Å². The quantitative estimate of drug-likeness (QED) is 0.201. The Kier molecular flexibility index (Phi) is 5.59. The summed E-state index contributed by atoms with van der Waals surface area (Å²) in [5.41, 5.74) is 6.65. The molecule has 0 aliphatic rings. The fraction of sp³-hybridized carbons (Fsp3) is 0.0500. The minimum Gasteiger partial charge on any atom is -0.276 e. The number of nitrogens with one attached hydrogen (secondary N) is 1. The summed E-state index contributed by atoms with van der Waals surface area (Å²) in [5, 5.41) is 13.1. The topological polar surface area (TPSA) is 49.1 Å². The third kappa shape index (κ3) is 4.55. The van der Waals surface area contributed by atoms with Crippen LogP contribution in [-0.2, 0) is 0 Å². The Morgan fingerprint density at radius 2 is 1.52 bits per heavy atom. The fourth-order valence-electron chi connectivity index (χ4n) is 2.19. The van der Waals surface area contributed by atoms with E-state index in [-0.39, 0.29) is 0 Å². The van der Waals surface area contributed by atoms with E-state index in [1.807, 2.05) is 85.8 Å². The molecule has 25 heavy (non-hydrogen) atoms. The van der Waals surface area contributed by atoms with Crippen LogP contribution in [0.3, 0.4) is 0 Å². The molecule has 0 saturated heterocycles. The first-order valence-electron chi connectivity index (χ1n) is 7.88. The molecule has 0 atom stereocenters. The Morgan fingerprint density at radius 3 is 2.24 bits per heavy atom. The maximum Gasteiger partial charge on any atom is 0.201 e. The molecule has 1 N–H and O–H groups in total. The average molecular weight is 346 g/mol. The van der Waals surface area contributed by atoms with Gasteiger partial charge in [0.25, 0.3) is 0 Å². The molecule has 0 radical (unpaired) electrons. The van der Waals surface area contributed by atoms with Gasteiger partial charge in [0.15, 0.2) is 0 Å². The zero-order valence-electron chi connectivity index (χ0n) is 13.8. The third-order valence-corrected chi connectivity index (χ3v) is 4.12. The van der Waals surface area contributed by atoms with Crippen molar-refractivity contribution in [2.24, 2.45) is 15.3 Å². The first-order valence-corrected chi connectivity index (χ1v) is 8.33. The van der Waals surface area contributed by atoms with E-state index in [4.69, 9.17) is 0 Å². The molecule has 4 nitrogen and oxygen atoms in total. The lowest BCUT2D eigenvalue weighted by Gasteiger charge is -2.08. The Bertz CT molecular complexity index is 890. The van der Waals surface area contributed by atoms with Crippen LogP contribution in [0.5, 0.6) is 0 Å². The number of thiol groups is 1. The molecular weight excluding hydrogens is 328 g/mol. The highest BCUT2D eigenvalue weighted by atomic mass is 32.1. The van der Waals surface area contributed by atoms with Gasteiger partial charge in [-0.15, -0.1) is 22.9 Å². The smallest absolute Gasteiger partial charge is 0.201 e. The molecule has 124 valence electrons. The van der Waals surface area contributed by atoms with E-state index in [0.717, 1.165) is 27.4 Å². The molecule has 3 aromatic carbocycles. The predicted octanol–water partition coefficient (Wildman–Crippen LogP) is 5.84. The first-order chi connectivity index (χ1) is 12.2. The summed E-state index contributed by atoms with van der Waals surface area (Å²) in [6, 6.07) is 25.2. The van der Waals surface area contributed by atoms with Crippen LogP contribution < -0.4 is 5.43 Å². The summed E-state index contributed by atoms with van der Waals surface area (Å²) >= 11 is 4.44. The van der Waals surface area contributed by atoms with E-state index in [1.54, 1.807) is 0 Å². The fourth-order valence-corrected chi connectivity index (χ4v) is 2.40. The maximum absolute atomic E-state index is 4.45. The van der Waals surface area contributed by atoms with Gasteiger partial charge >= 0.3 is 0 Å². The third-order valence-electron chi connectivity index (χ3n) is 3.64. The van der Waals surface area contributed by atoms with Gasteiger partial charge in [0, 0.05) is 10.5 Å². The Balaban J connectivity index is 1.91. The molecule has 0 aromatic heterocycles. The van der Waals surface area contributed by atoms with Crippen LogP contribution in [0.2, 0.25) is 0 Å². The molecule has 0 fully saturated rings. The predicted molar refractivity (Wildman–Crippen MR) is 106 cm³/mol. The number of hydrazone groups is 1. The molecule has 0 unspecified atom stereocenters. The average Bonchev–Trinajstić information content (AvgIpc) is 2.66. The number of benzene rings is 3. The van der Waals surface area contributed by atoms with Crippen molar-refractivity contribution in [3.05, 3.63) is 90.0 Å². The van der Waals surface area contributed by atoms with Crippen molar-refractivity contribution < 1.29 is 0 Å². The summed E-state index contributed by atoms with van der Waals surface area (Å²) in [6.45, 7) is 1.99. The van der Waals surface area contributed by atoms with Gasteiger partial charge in [-0.25, -0.2) is 0 Å². The van der Waals surface area contributed by atoms with Gasteiger partial charge in [0.2, 0.25) is 5.84 Å². The summed E-state index contributed by atoms with van der Waals surface area (Å²) in [7, 11) is 0. The SMILES string of the molecule is Cc1c(S)cccc1N/N=C(/N=N/c1ccccc1)c1ccccc1. The second kappa shape index (κ2) is 8.26. The lowest BCUT2D eigenvalue weighted by molar-refractivity contribution is 1.20. The summed E-state index contributed by atoms with van der Waals surface area (Å²) in [5.74, 6) is 0.508. The van der Waals surface area contributed by atoms with Crippen LogP contribution in [0.1, 0.15) is 11.1 Å². The highest BCUT2D eigenvalue weighted by molar-refractivity contribution is 7.80. The largest absolute Gasteiger partial charge is 0.276 e. The van der Waals surface area contributed by atoms with Crippen LogP contribution in [-0.4, -0.2) is 5.84 Å².